The fourth-order valence-electron chi connectivity index (χ4n) is 2.08. The Labute approximate surface area is 109 Å². The minimum absolute atomic E-state index is 0.251. The van der Waals surface area contributed by atoms with Crippen molar-refractivity contribution >= 4 is 73.7 Å². The quantitative estimate of drug-likeness (QED) is 0.493. The zero-order chi connectivity index (χ0) is 13.3. The van der Waals surface area contributed by atoms with Gasteiger partial charge in [-0.3, -0.25) is 0 Å². The van der Waals surface area contributed by atoms with Crippen molar-refractivity contribution in [2.75, 3.05) is 0 Å². The molecule has 0 bridgehead atoms. The molecule has 0 unspecified atom stereocenters. The summed E-state index contributed by atoms with van der Waals surface area (Å²) in [5.41, 5.74) is 2.91. The van der Waals surface area contributed by atoms with Crippen molar-refractivity contribution in [2.24, 2.45) is 0 Å². The van der Waals surface area contributed by atoms with Crippen molar-refractivity contribution in [1.29, 1.82) is 0 Å². The monoisotopic (exact) mass is 213 g/mol. The molecule has 0 heterocycles. The third-order valence-electron chi connectivity index (χ3n) is 2.95. The van der Waals surface area contributed by atoms with Gasteiger partial charge in [-0.1, -0.05) is 16.6 Å². The highest BCUT2D eigenvalue weighted by Crippen LogP contribution is 1.94. The van der Waals surface area contributed by atoms with Crippen LogP contribution in [0.25, 0.3) is 0 Å². The average Bonchev–Trinajstić information content (AvgIpc) is 2.22. The second-order valence-electron chi connectivity index (χ2n) is 3.97. The number of rotatable bonds is 3. The smallest absolute Gasteiger partial charge is 0.423 e. The van der Waals surface area contributed by atoms with Gasteiger partial charge in [-0.15, -0.1) is 10.9 Å². The highest BCUT2D eigenvalue weighted by molar-refractivity contribution is 7.36. The second kappa shape index (κ2) is 5.49. The van der Waals surface area contributed by atoms with Crippen molar-refractivity contribution < 1.29 is 10.0 Å². The molecular weight excluding hydrogens is 204 g/mol. The first-order valence-electron chi connectivity index (χ1n) is 5.17. The van der Waals surface area contributed by atoms with Gasteiger partial charge in [-0.25, -0.2) is 0 Å². The molecule has 0 fully saturated rings. The molecule has 0 spiro atoms. The van der Waals surface area contributed by atoms with Crippen molar-refractivity contribution in [3.05, 3.63) is 11.1 Å². The highest BCUT2D eigenvalue weighted by atomic mass is 16.4. The third kappa shape index (κ3) is 2.55. The third-order valence-corrected chi connectivity index (χ3v) is 2.95. The Morgan fingerprint density at radius 3 is 1.94 bits per heavy atom. The van der Waals surface area contributed by atoms with Crippen LogP contribution in [0.5, 0.6) is 0 Å². The van der Waals surface area contributed by atoms with Crippen molar-refractivity contribution in [3.8, 4) is 0 Å². The zero-order valence-electron chi connectivity index (χ0n) is 9.94. The summed E-state index contributed by atoms with van der Waals surface area (Å²) in [6.45, 7) is 2.58. The lowest BCUT2D eigenvalue weighted by Gasteiger charge is -2.24. The van der Waals surface area contributed by atoms with Crippen LogP contribution in [0.4, 0.5) is 0 Å². The van der Waals surface area contributed by atoms with Crippen molar-refractivity contribution in [2.45, 2.75) is 13.8 Å². The van der Waals surface area contributed by atoms with Gasteiger partial charge in [0.05, 0.1) is 13.7 Å². The Bertz CT molecular complexity index is 433. The Hall–Kier alpha value is -0.405. The number of hydrogen-bond donors (Lipinski definition) is 2. The molecule has 0 aliphatic rings. The zero-order valence-corrected chi connectivity index (χ0v) is 9.94. The molecule has 9 heteroatoms. The molecule has 0 atom stereocenters. The summed E-state index contributed by atoms with van der Waals surface area (Å²) in [5.74, 6) is 0. The molecule has 2 N–H and O–H groups in total. The summed E-state index contributed by atoms with van der Waals surface area (Å²) in [4.78, 5) is 0. The molecule has 1 aromatic carbocycles. The maximum absolute atomic E-state index is 9.39. The SMILES string of the molecule is [B][B]c1c([B])c(C)c(B(O)O)c(B([B])[B])c1C. The summed E-state index contributed by atoms with van der Waals surface area (Å²) in [6.07, 6.45) is 0. The predicted octanol–water partition coefficient (Wildman–Crippen LogP) is -4.78. The van der Waals surface area contributed by atoms with Crippen LogP contribution in [-0.2, 0) is 0 Å². The molecule has 0 saturated carbocycles. The average molecular weight is 212 g/mol. The van der Waals surface area contributed by atoms with Gasteiger partial charge in [-0.2, -0.15) is 0 Å². The summed E-state index contributed by atoms with van der Waals surface area (Å²) in [5, 5.41) is 18.8. The van der Waals surface area contributed by atoms with Crippen LogP contribution in [0.2, 0.25) is 0 Å². The number of benzene rings is 1. The standard InChI is InChI=1S/C8H8B7O2/c1-3-5(9)6(13-10)4(2)7(14(11)12)8(3)15(16)17/h16-17H,1-2H3. The van der Waals surface area contributed by atoms with Gasteiger partial charge >= 0.3 is 7.12 Å². The van der Waals surface area contributed by atoms with E-state index in [0.29, 0.717) is 27.5 Å². The molecule has 0 aliphatic heterocycles. The molecular formula is C8H8B7O2. The van der Waals surface area contributed by atoms with Crippen LogP contribution >= 0.6 is 0 Å². The molecule has 17 heavy (non-hydrogen) atoms. The van der Waals surface area contributed by atoms with E-state index in [1.165, 1.54) is 7.17 Å². The first-order valence-corrected chi connectivity index (χ1v) is 5.17. The minimum Gasteiger partial charge on any atom is -0.423 e. The minimum atomic E-state index is -1.67. The molecule has 73 valence electrons. The topological polar surface area (TPSA) is 40.5 Å². The summed E-state index contributed by atoms with van der Waals surface area (Å²) in [7, 11) is 22.4. The molecule has 9 radical (unpaired) electrons. The molecule has 0 aliphatic carbocycles. The molecule has 1 aromatic rings. The van der Waals surface area contributed by atoms with E-state index >= 15 is 0 Å². The Kier molecular flexibility index (Phi) is 4.73. The Morgan fingerprint density at radius 1 is 1.06 bits per heavy atom. The normalized spacial score (nSPS) is 10.1. The van der Waals surface area contributed by atoms with Crippen molar-refractivity contribution in [3.63, 3.8) is 0 Å². The van der Waals surface area contributed by atoms with Gasteiger partial charge in [-0.05, 0) is 19.3 Å². The van der Waals surface area contributed by atoms with Crippen LogP contribution in [0.1, 0.15) is 11.1 Å². The highest BCUT2D eigenvalue weighted by Gasteiger charge is 2.24. The van der Waals surface area contributed by atoms with Gasteiger partial charge in [0, 0.05) is 23.2 Å². The molecule has 1 rings (SSSR count). The summed E-state index contributed by atoms with van der Waals surface area (Å²) >= 11 is 0. The van der Waals surface area contributed by atoms with Crippen LogP contribution in [0.15, 0.2) is 0 Å². The Morgan fingerprint density at radius 2 is 1.59 bits per heavy atom. The van der Waals surface area contributed by atoms with E-state index in [0.717, 1.165) is 0 Å². The fourth-order valence-corrected chi connectivity index (χ4v) is 2.08. The summed E-state index contributed by atoms with van der Waals surface area (Å²) in [6, 6.07) is 0. The van der Waals surface area contributed by atoms with Crippen LogP contribution < -0.4 is 21.9 Å². The van der Waals surface area contributed by atoms with E-state index in [-0.39, 0.29) is 5.46 Å². The van der Waals surface area contributed by atoms with Gasteiger partial charge < -0.3 is 10.0 Å². The van der Waals surface area contributed by atoms with Gasteiger partial charge in [0.2, 0.25) is 0 Å². The van der Waals surface area contributed by atoms with Crippen LogP contribution in [-0.4, -0.2) is 61.9 Å². The first-order chi connectivity index (χ1) is 7.82. The van der Waals surface area contributed by atoms with Gasteiger partial charge in [0.15, 0.2) is 0 Å². The number of hydrogen-bond acceptors (Lipinski definition) is 2. The van der Waals surface area contributed by atoms with Gasteiger partial charge in [0.25, 0.3) is 0 Å². The fraction of sp³-hybridized carbons (Fsp3) is 0.250. The molecule has 0 aromatic heterocycles. The van der Waals surface area contributed by atoms with Crippen LogP contribution in [0, 0.1) is 13.8 Å². The lowest BCUT2D eigenvalue weighted by atomic mass is 9.15. The van der Waals surface area contributed by atoms with E-state index in [4.69, 9.17) is 31.1 Å². The van der Waals surface area contributed by atoms with Gasteiger partial charge in [0.1, 0.15) is 7.85 Å². The molecule has 0 saturated heterocycles. The lowest BCUT2D eigenvalue weighted by Crippen LogP contribution is -2.59. The molecule has 2 nitrogen and oxygen atoms in total. The summed E-state index contributed by atoms with van der Waals surface area (Å²) < 4.78 is 0. The van der Waals surface area contributed by atoms with E-state index < -0.39 is 13.6 Å². The van der Waals surface area contributed by atoms with E-state index in [1.807, 2.05) is 0 Å². The van der Waals surface area contributed by atoms with Crippen molar-refractivity contribution in [1.82, 2.24) is 0 Å². The largest absolute Gasteiger partial charge is 0.488 e. The molecule has 0 amide bonds. The maximum Gasteiger partial charge on any atom is 0.488 e. The maximum atomic E-state index is 9.39. The first kappa shape index (κ1) is 14.7. The van der Waals surface area contributed by atoms with E-state index in [9.17, 15) is 10.0 Å². The van der Waals surface area contributed by atoms with Crippen LogP contribution in [0.3, 0.4) is 0 Å². The lowest BCUT2D eigenvalue weighted by molar-refractivity contribution is 0.426. The van der Waals surface area contributed by atoms with E-state index in [2.05, 4.69) is 0 Å². The second-order valence-corrected chi connectivity index (χ2v) is 3.97. The predicted molar refractivity (Wildman–Crippen MR) is 79.2 cm³/mol. The van der Waals surface area contributed by atoms with E-state index in [1.54, 1.807) is 13.8 Å². The Balaban J connectivity index is 3.71.